The number of ether oxygens (including phenoxy) is 1. The summed E-state index contributed by atoms with van der Waals surface area (Å²) in [6.45, 7) is 5.53. The van der Waals surface area contributed by atoms with Gasteiger partial charge in [0.2, 0.25) is 11.8 Å². The Morgan fingerprint density at radius 3 is 2.40 bits per heavy atom. The van der Waals surface area contributed by atoms with Gasteiger partial charge in [-0.2, -0.15) is 20.2 Å². The zero-order valence-electron chi connectivity index (χ0n) is 9.06. The zero-order chi connectivity index (χ0) is 11.3. The quantitative estimate of drug-likeness (QED) is 0.719. The van der Waals surface area contributed by atoms with E-state index in [-0.39, 0.29) is 11.8 Å². The van der Waals surface area contributed by atoms with Crippen molar-refractivity contribution in [3.63, 3.8) is 0 Å². The predicted molar refractivity (Wildman–Crippen MR) is 54.7 cm³/mol. The first-order chi connectivity index (χ1) is 7.24. The standard InChI is InChI=1S/C9H13N5O/c1-4-14(5-2)8-11-7(6-10)12-9(13-8)15-3/h4-5H2,1-3H3. The van der Waals surface area contributed by atoms with E-state index in [1.807, 2.05) is 24.8 Å². The number of anilines is 1. The topological polar surface area (TPSA) is 74.9 Å². The molecule has 0 fully saturated rings. The summed E-state index contributed by atoms with van der Waals surface area (Å²) < 4.78 is 4.90. The molecule has 6 heteroatoms. The van der Waals surface area contributed by atoms with Crippen molar-refractivity contribution in [2.45, 2.75) is 13.8 Å². The van der Waals surface area contributed by atoms with Gasteiger partial charge >= 0.3 is 6.01 Å². The zero-order valence-corrected chi connectivity index (χ0v) is 9.06. The van der Waals surface area contributed by atoms with Crippen LogP contribution in [0.15, 0.2) is 0 Å². The lowest BCUT2D eigenvalue weighted by molar-refractivity contribution is 0.377. The molecule has 0 aliphatic heterocycles. The van der Waals surface area contributed by atoms with Gasteiger partial charge in [-0.1, -0.05) is 0 Å². The van der Waals surface area contributed by atoms with E-state index in [1.54, 1.807) is 0 Å². The summed E-state index contributed by atoms with van der Waals surface area (Å²) in [6, 6.07) is 2.05. The van der Waals surface area contributed by atoms with Crippen LogP contribution in [0.25, 0.3) is 0 Å². The van der Waals surface area contributed by atoms with E-state index in [0.717, 1.165) is 13.1 Å². The van der Waals surface area contributed by atoms with Crippen molar-refractivity contribution in [1.82, 2.24) is 15.0 Å². The third-order valence-corrected chi connectivity index (χ3v) is 1.93. The maximum atomic E-state index is 8.73. The van der Waals surface area contributed by atoms with E-state index in [1.165, 1.54) is 7.11 Å². The van der Waals surface area contributed by atoms with Crippen LogP contribution in [0, 0.1) is 11.3 Å². The van der Waals surface area contributed by atoms with Crippen molar-refractivity contribution in [3.8, 4) is 12.1 Å². The molecule has 0 spiro atoms. The number of hydrogen-bond donors (Lipinski definition) is 0. The highest BCUT2D eigenvalue weighted by Crippen LogP contribution is 2.11. The van der Waals surface area contributed by atoms with Crippen LogP contribution in [-0.2, 0) is 0 Å². The van der Waals surface area contributed by atoms with Gasteiger partial charge in [0, 0.05) is 13.1 Å². The Balaban J connectivity index is 3.12. The number of nitrogens with zero attached hydrogens (tertiary/aromatic N) is 5. The molecule has 0 radical (unpaired) electrons. The second-order valence-electron chi connectivity index (χ2n) is 2.73. The molecule has 0 N–H and O–H groups in total. The molecule has 1 aromatic heterocycles. The van der Waals surface area contributed by atoms with E-state index in [2.05, 4.69) is 15.0 Å². The molecule has 1 heterocycles. The van der Waals surface area contributed by atoms with Gasteiger partial charge in [-0.3, -0.25) is 0 Å². The first-order valence-electron chi connectivity index (χ1n) is 4.70. The minimum atomic E-state index is 0.0729. The molecule has 0 atom stereocenters. The summed E-state index contributed by atoms with van der Waals surface area (Å²) in [6.07, 6.45) is 0. The van der Waals surface area contributed by atoms with Gasteiger partial charge in [-0.25, -0.2) is 0 Å². The third kappa shape index (κ3) is 2.53. The first-order valence-corrected chi connectivity index (χ1v) is 4.70. The first kappa shape index (κ1) is 11.2. The van der Waals surface area contributed by atoms with Crippen molar-refractivity contribution in [2.75, 3.05) is 25.1 Å². The Morgan fingerprint density at radius 1 is 1.27 bits per heavy atom. The van der Waals surface area contributed by atoms with Gasteiger partial charge in [-0.15, -0.1) is 0 Å². The highest BCUT2D eigenvalue weighted by Gasteiger charge is 2.10. The molecular formula is C9H13N5O. The Hall–Kier alpha value is -1.90. The number of hydrogen-bond acceptors (Lipinski definition) is 6. The van der Waals surface area contributed by atoms with Crippen LogP contribution in [0.3, 0.4) is 0 Å². The van der Waals surface area contributed by atoms with Gasteiger partial charge < -0.3 is 9.64 Å². The Morgan fingerprint density at radius 2 is 1.93 bits per heavy atom. The van der Waals surface area contributed by atoms with Crippen LogP contribution in [0.2, 0.25) is 0 Å². The lowest BCUT2D eigenvalue weighted by atomic mass is 10.5. The Labute approximate surface area is 88.5 Å². The molecule has 0 aliphatic carbocycles. The number of methoxy groups -OCH3 is 1. The molecule has 15 heavy (non-hydrogen) atoms. The van der Waals surface area contributed by atoms with E-state index < -0.39 is 0 Å². The fourth-order valence-corrected chi connectivity index (χ4v) is 1.14. The maximum Gasteiger partial charge on any atom is 0.322 e. The summed E-state index contributed by atoms with van der Waals surface area (Å²) in [7, 11) is 1.46. The van der Waals surface area contributed by atoms with Crippen molar-refractivity contribution in [2.24, 2.45) is 0 Å². The SMILES string of the molecule is CCN(CC)c1nc(C#N)nc(OC)n1. The molecule has 0 aliphatic rings. The molecule has 0 saturated heterocycles. The number of nitriles is 1. The van der Waals surface area contributed by atoms with Gasteiger partial charge in [0.1, 0.15) is 6.07 Å². The molecule has 1 aromatic rings. The maximum absolute atomic E-state index is 8.73. The molecule has 0 amide bonds. The average Bonchev–Trinajstić information content (AvgIpc) is 2.30. The molecule has 0 bridgehead atoms. The van der Waals surface area contributed by atoms with Gasteiger partial charge in [-0.05, 0) is 13.8 Å². The summed E-state index contributed by atoms with van der Waals surface area (Å²) in [4.78, 5) is 13.8. The van der Waals surface area contributed by atoms with E-state index in [0.29, 0.717) is 5.95 Å². The van der Waals surface area contributed by atoms with Crippen LogP contribution in [0.5, 0.6) is 6.01 Å². The molecule has 1 rings (SSSR count). The molecule has 6 nitrogen and oxygen atoms in total. The lowest BCUT2D eigenvalue weighted by Crippen LogP contribution is -2.25. The summed E-state index contributed by atoms with van der Waals surface area (Å²) in [5.74, 6) is 0.548. The van der Waals surface area contributed by atoms with Crippen LogP contribution < -0.4 is 9.64 Å². The second kappa shape index (κ2) is 5.10. The average molecular weight is 207 g/mol. The molecule has 0 unspecified atom stereocenters. The van der Waals surface area contributed by atoms with Gasteiger partial charge in [0.05, 0.1) is 7.11 Å². The van der Waals surface area contributed by atoms with E-state index in [9.17, 15) is 0 Å². The fourth-order valence-electron chi connectivity index (χ4n) is 1.14. The molecule has 0 saturated carbocycles. The fraction of sp³-hybridized carbons (Fsp3) is 0.556. The second-order valence-corrected chi connectivity index (χ2v) is 2.73. The molecule has 0 aromatic carbocycles. The van der Waals surface area contributed by atoms with Crippen LogP contribution in [-0.4, -0.2) is 35.2 Å². The van der Waals surface area contributed by atoms with Crippen molar-refractivity contribution >= 4 is 5.95 Å². The number of aromatic nitrogens is 3. The van der Waals surface area contributed by atoms with Crippen LogP contribution in [0.1, 0.15) is 19.7 Å². The van der Waals surface area contributed by atoms with E-state index in [4.69, 9.17) is 10.00 Å². The minimum Gasteiger partial charge on any atom is -0.467 e. The highest BCUT2D eigenvalue weighted by atomic mass is 16.5. The van der Waals surface area contributed by atoms with Crippen LogP contribution >= 0.6 is 0 Å². The van der Waals surface area contributed by atoms with Crippen molar-refractivity contribution < 1.29 is 4.74 Å². The summed E-state index contributed by atoms with van der Waals surface area (Å²) in [5, 5.41) is 8.73. The predicted octanol–water partition coefficient (Wildman–Crippen LogP) is 0.598. The normalized spacial score (nSPS) is 9.47. The number of rotatable bonds is 4. The van der Waals surface area contributed by atoms with E-state index >= 15 is 0 Å². The van der Waals surface area contributed by atoms with Crippen LogP contribution in [0.4, 0.5) is 5.95 Å². The Kier molecular flexibility index (Phi) is 3.80. The third-order valence-electron chi connectivity index (χ3n) is 1.93. The summed E-state index contributed by atoms with van der Waals surface area (Å²) in [5.41, 5.74) is 0. The van der Waals surface area contributed by atoms with Crippen molar-refractivity contribution in [1.29, 1.82) is 5.26 Å². The largest absolute Gasteiger partial charge is 0.467 e. The molecule has 80 valence electrons. The highest BCUT2D eigenvalue weighted by molar-refractivity contribution is 5.32. The van der Waals surface area contributed by atoms with Gasteiger partial charge in [0.25, 0.3) is 0 Å². The summed E-state index contributed by atoms with van der Waals surface area (Å²) >= 11 is 0. The minimum absolute atomic E-state index is 0.0729. The molecular weight excluding hydrogens is 194 g/mol. The lowest BCUT2D eigenvalue weighted by Gasteiger charge is -2.18. The monoisotopic (exact) mass is 207 g/mol. The smallest absolute Gasteiger partial charge is 0.322 e. The van der Waals surface area contributed by atoms with Crippen molar-refractivity contribution in [3.05, 3.63) is 5.82 Å². The Bertz CT molecular complexity index is 369. The van der Waals surface area contributed by atoms with Gasteiger partial charge in [0.15, 0.2) is 0 Å².